The average Bonchev–Trinajstić information content (AvgIpc) is 2.72. The second kappa shape index (κ2) is 5.94. The van der Waals surface area contributed by atoms with Crippen LogP contribution < -0.4 is 0 Å². The molecule has 1 heterocycles. The van der Waals surface area contributed by atoms with E-state index in [4.69, 9.17) is 16.7 Å². The van der Waals surface area contributed by atoms with Crippen molar-refractivity contribution >= 4 is 11.6 Å². The van der Waals surface area contributed by atoms with Crippen LogP contribution in [0.25, 0.3) is 0 Å². The Bertz CT molecular complexity index is 587. The Hall–Kier alpha value is -1.39. The van der Waals surface area contributed by atoms with Crippen LogP contribution in [0.5, 0.6) is 0 Å². The van der Waals surface area contributed by atoms with Crippen LogP contribution in [-0.2, 0) is 18.4 Å². The van der Waals surface area contributed by atoms with Gasteiger partial charge in [-0.05, 0) is 38.5 Å². The van der Waals surface area contributed by atoms with Gasteiger partial charge >= 0.3 is 0 Å². The molecule has 0 aliphatic rings. The second-order valence-corrected chi connectivity index (χ2v) is 6.24. The van der Waals surface area contributed by atoms with Gasteiger partial charge in [-0.1, -0.05) is 23.7 Å². The minimum Gasteiger partial charge on any atom is -0.396 e. The van der Waals surface area contributed by atoms with E-state index in [-0.39, 0.29) is 12.1 Å². The highest BCUT2D eigenvalue weighted by Crippen LogP contribution is 2.18. The summed E-state index contributed by atoms with van der Waals surface area (Å²) in [7, 11) is 0. The summed E-state index contributed by atoms with van der Waals surface area (Å²) in [6, 6.07) is 7.71. The lowest BCUT2D eigenvalue weighted by molar-refractivity contribution is 0.281. The normalized spacial score (nSPS) is 11.8. The zero-order valence-electron chi connectivity index (χ0n) is 12.1. The summed E-state index contributed by atoms with van der Waals surface area (Å²) in [6.45, 7) is 6.30. The molecule has 2 rings (SSSR count). The number of aromatic nitrogens is 3. The third-order valence-corrected chi connectivity index (χ3v) is 3.18. The number of halogens is 1. The Morgan fingerprint density at radius 3 is 2.65 bits per heavy atom. The van der Waals surface area contributed by atoms with Crippen LogP contribution in [-0.4, -0.2) is 26.5 Å². The van der Waals surface area contributed by atoms with Crippen molar-refractivity contribution in [2.45, 2.75) is 39.2 Å². The molecule has 108 valence electrons. The number of hydrogen-bond donors (Lipinski definition) is 1. The molecule has 5 heteroatoms. The maximum absolute atomic E-state index is 9.15. The molecule has 0 saturated heterocycles. The molecule has 0 saturated carbocycles. The van der Waals surface area contributed by atoms with Gasteiger partial charge < -0.3 is 5.11 Å². The molecule has 1 aromatic carbocycles. The first-order valence-electron chi connectivity index (χ1n) is 6.71. The van der Waals surface area contributed by atoms with Crippen LogP contribution in [0.15, 0.2) is 24.3 Å². The van der Waals surface area contributed by atoms with Crippen LogP contribution in [0.3, 0.4) is 0 Å². The summed E-state index contributed by atoms with van der Waals surface area (Å²) in [5.74, 6) is 1.57. The van der Waals surface area contributed by atoms with Crippen molar-refractivity contribution < 1.29 is 5.11 Å². The van der Waals surface area contributed by atoms with Gasteiger partial charge in [0, 0.05) is 17.9 Å². The summed E-state index contributed by atoms with van der Waals surface area (Å²) < 4.78 is 1.89. The Morgan fingerprint density at radius 1 is 1.30 bits per heavy atom. The molecule has 0 aliphatic heterocycles. The van der Waals surface area contributed by atoms with Crippen LogP contribution in [0.4, 0.5) is 0 Å². The molecule has 0 bridgehead atoms. The highest BCUT2D eigenvalue weighted by atomic mass is 35.5. The summed E-state index contributed by atoms with van der Waals surface area (Å²) in [6.07, 6.45) is 1.15. The van der Waals surface area contributed by atoms with Crippen molar-refractivity contribution in [3.63, 3.8) is 0 Å². The Balaban J connectivity index is 2.29. The standard InChI is InChI=1S/C15H20ClN3O/c1-15(2,3)19-14(7-8-20)17-13(18-19)10-11-5-4-6-12(16)9-11/h4-6,9,20H,7-8,10H2,1-3H3. The average molecular weight is 294 g/mol. The molecule has 1 N–H and O–H groups in total. The molecule has 0 unspecified atom stereocenters. The van der Waals surface area contributed by atoms with Gasteiger partial charge in [0.1, 0.15) is 5.82 Å². The monoisotopic (exact) mass is 293 g/mol. The number of rotatable bonds is 4. The van der Waals surface area contributed by atoms with Crippen molar-refractivity contribution in [3.8, 4) is 0 Å². The van der Waals surface area contributed by atoms with E-state index < -0.39 is 0 Å². The largest absolute Gasteiger partial charge is 0.396 e. The van der Waals surface area contributed by atoms with Crippen LogP contribution >= 0.6 is 11.6 Å². The molecule has 20 heavy (non-hydrogen) atoms. The predicted octanol–water partition coefficient (Wildman–Crippen LogP) is 2.81. The minimum absolute atomic E-state index is 0.0748. The van der Waals surface area contributed by atoms with E-state index in [1.54, 1.807) is 0 Å². The van der Waals surface area contributed by atoms with Gasteiger partial charge in [0.2, 0.25) is 0 Å². The molecule has 0 aliphatic carbocycles. The molecule has 0 fully saturated rings. The molecular weight excluding hydrogens is 274 g/mol. The van der Waals surface area contributed by atoms with E-state index in [1.807, 2.05) is 28.9 Å². The number of aliphatic hydroxyl groups excluding tert-OH is 1. The second-order valence-electron chi connectivity index (χ2n) is 5.81. The van der Waals surface area contributed by atoms with Gasteiger partial charge in [0.05, 0.1) is 12.1 Å². The third-order valence-electron chi connectivity index (χ3n) is 2.94. The SMILES string of the molecule is CC(C)(C)n1nc(Cc2cccc(Cl)c2)nc1CCO. The maximum Gasteiger partial charge on any atom is 0.155 e. The lowest BCUT2D eigenvalue weighted by Gasteiger charge is -2.20. The van der Waals surface area contributed by atoms with Crippen molar-refractivity contribution in [2.75, 3.05) is 6.61 Å². The summed E-state index contributed by atoms with van der Waals surface area (Å²) in [5.41, 5.74) is 0.934. The molecule has 2 aromatic rings. The quantitative estimate of drug-likeness (QED) is 0.943. The van der Waals surface area contributed by atoms with E-state index in [0.717, 1.165) is 17.2 Å². The fourth-order valence-corrected chi connectivity index (χ4v) is 2.31. The van der Waals surface area contributed by atoms with Gasteiger partial charge in [-0.25, -0.2) is 9.67 Å². The molecule has 0 spiro atoms. The lowest BCUT2D eigenvalue weighted by atomic mass is 10.1. The van der Waals surface area contributed by atoms with Crippen LogP contribution in [0.2, 0.25) is 5.02 Å². The third kappa shape index (κ3) is 3.58. The van der Waals surface area contributed by atoms with Gasteiger partial charge in [0.25, 0.3) is 0 Å². The van der Waals surface area contributed by atoms with Crippen molar-refractivity contribution in [3.05, 3.63) is 46.5 Å². The Labute approximate surface area is 124 Å². The summed E-state index contributed by atoms with van der Waals surface area (Å²) in [5, 5.41) is 14.4. The van der Waals surface area contributed by atoms with Crippen molar-refractivity contribution in [1.82, 2.24) is 14.8 Å². The number of hydrogen-bond acceptors (Lipinski definition) is 3. The Morgan fingerprint density at radius 2 is 2.05 bits per heavy atom. The summed E-state index contributed by atoms with van der Waals surface area (Å²) >= 11 is 5.99. The van der Waals surface area contributed by atoms with Gasteiger partial charge in [-0.2, -0.15) is 5.10 Å². The molecular formula is C15H20ClN3O. The first kappa shape index (κ1) is 15.0. The predicted molar refractivity (Wildman–Crippen MR) is 80.1 cm³/mol. The first-order chi connectivity index (χ1) is 9.40. The highest BCUT2D eigenvalue weighted by Gasteiger charge is 2.20. The zero-order chi connectivity index (χ0) is 14.8. The molecule has 0 amide bonds. The lowest BCUT2D eigenvalue weighted by Crippen LogP contribution is -2.26. The van der Waals surface area contributed by atoms with E-state index in [0.29, 0.717) is 17.9 Å². The molecule has 0 atom stereocenters. The molecule has 1 aromatic heterocycles. The number of nitrogens with zero attached hydrogens (tertiary/aromatic N) is 3. The maximum atomic E-state index is 9.15. The van der Waals surface area contributed by atoms with E-state index >= 15 is 0 Å². The molecule has 4 nitrogen and oxygen atoms in total. The van der Waals surface area contributed by atoms with Crippen molar-refractivity contribution in [2.24, 2.45) is 0 Å². The minimum atomic E-state index is -0.149. The number of aliphatic hydroxyl groups is 1. The van der Waals surface area contributed by atoms with Gasteiger partial charge in [-0.3, -0.25) is 0 Å². The Kier molecular flexibility index (Phi) is 4.45. The van der Waals surface area contributed by atoms with E-state index in [1.165, 1.54) is 0 Å². The zero-order valence-corrected chi connectivity index (χ0v) is 12.9. The van der Waals surface area contributed by atoms with Crippen molar-refractivity contribution in [1.29, 1.82) is 0 Å². The smallest absolute Gasteiger partial charge is 0.155 e. The van der Waals surface area contributed by atoms with Crippen LogP contribution in [0.1, 0.15) is 38.0 Å². The fourth-order valence-electron chi connectivity index (χ4n) is 2.10. The topological polar surface area (TPSA) is 50.9 Å². The van der Waals surface area contributed by atoms with E-state index in [2.05, 4.69) is 30.9 Å². The van der Waals surface area contributed by atoms with Gasteiger partial charge in [-0.15, -0.1) is 0 Å². The number of benzene rings is 1. The summed E-state index contributed by atoms with van der Waals surface area (Å²) in [4.78, 5) is 4.54. The fraction of sp³-hybridized carbons (Fsp3) is 0.467. The highest BCUT2D eigenvalue weighted by molar-refractivity contribution is 6.30. The van der Waals surface area contributed by atoms with E-state index in [9.17, 15) is 0 Å². The first-order valence-corrected chi connectivity index (χ1v) is 7.08. The molecule has 0 radical (unpaired) electrons. The van der Waals surface area contributed by atoms with Gasteiger partial charge in [0.15, 0.2) is 5.82 Å². The van der Waals surface area contributed by atoms with Crippen LogP contribution in [0, 0.1) is 0 Å².